The highest BCUT2D eigenvalue weighted by molar-refractivity contribution is 6.07. The van der Waals surface area contributed by atoms with E-state index in [0.29, 0.717) is 12.1 Å². The van der Waals surface area contributed by atoms with E-state index in [-0.39, 0.29) is 22.9 Å². The van der Waals surface area contributed by atoms with Crippen LogP contribution in [-0.2, 0) is 6.54 Å². The zero-order valence-corrected chi connectivity index (χ0v) is 18.5. The molecule has 0 radical (unpaired) electrons. The minimum absolute atomic E-state index is 0.0359. The molecule has 1 fully saturated rings. The summed E-state index contributed by atoms with van der Waals surface area (Å²) in [6.45, 7) is 2.37. The molecule has 170 valence electrons. The number of halogens is 2. The maximum atomic E-state index is 14.8. The minimum Gasteiger partial charge on any atom is -0.349 e. The first-order valence-corrected chi connectivity index (χ1v) is 11.4. The fourth-order valence-corrected chi connectivity index (χ4v) is 4.67. The van der Waals surface area contributed by atoms with Crippen LogP contribution in [0.4, 0.5) is 8.78 Å². The number of nitrogens with zero attached hydrogens (tertiary/aromatic N) is 3. The fraction of sp³-hybridized carbons (Fsp3) is 0.308. The van der Waals surface area contributed by atoms with Crippen LogP contribution in [-0.4, -0.2) is 26.1 Å². The summed E-state index contributed by atoms with van der Waals surface area (Å²) in [5.74, 6) is -2.28. The molecule has 2 aromatic heterocycles. The van der Waals surface area contributed by atoms with Crippen LogP contribution in [0.15, 0.2) is 55.1 Å². The van der Waals surface area contributed by atoms with Gasteiger partial charge in [-0.3, -0.25) is 4.79 Å². The third-order valence-corrected chi connectivity index (χ3v) is 6.42. The number of carbonyl (C=O) groups is 1. The molecule has 1 amide bonds. The number of carbonyl (C=O) groups excluding carboxylic acids is 1. The second-order valence-corrected chi connectivity index (χ2v) is 8.82. The van der Waals surface area contributed by atoms with Gasteiger partial charge < -0.3 is 14.5 Å². The molecule has 7 heteroatoms. The lowest BCUT2D eigenvalue weighted by molar-refractivity contribution is 0.0929. The van der Waals surface area contributed by atoms with Gasteiger partial charge in [0.25, 0.3) is 5.91 Å². The van der Waals surface area contributed by atoms with Crippen molar-refractivity contribution in [2.45, 2.75) is 51.6 Å². The maximum Gasteiger partial charge on any atom is 0.253 e. The molecule has 2 heterocycles. The number of nitrogens with one attached hydrogen (secondary N) is 1. The van der Waals surface area contributed by atoms with Gasteiger partial charge in [0, 0.05) is 30.7 Å². The molecule has 1 N–H and O–H groups in total. The van der Waals surface area contributed by atoms with Crippen LogP contribution >= 0.6 is 0 Å². The van der Waals surface area contributed by atoms with E-state index in [2.05, 4.69) is 10.3 Å². The van der Waals surface area contributed by atoms with E-state index >= 15 is 0 Å². The van der Waals surface area contributed by atoms with Gasteiger partial charge in [-0.1, -0.05) is 31.4 Å². The molecule has 0 unspecified atom stereocenters. The minimum atomic E-state index is -0.981. The highest BCUT2D eigenvalue weighted by Gasteiger charge is 2.23. The van der Waals surface area contributed by atoms with Crippen molar-refractivity contribution in [1.29, 1.82) is 0 Å². The van der Waals surface area contributed by atoms with E-state index in [0.717, 1.165) is 48.7 Å². The first-order valence-electron chi connectivity index (χ1n) is 11.4. The van der Waals surface area contributed by atoms with Gasteiger partial charge in [0.15, 0.2) is 11.6 Å². The van der Waals surface area contributed by atoms with Crippen LogP contribution in [0.2, 0.25) is 0 Å². The third kappa shape index (κ3) is 4.27. The third-order valence-electron chi connectivity index (χ3n) is 6.42. The summed E-state index contributed by atoms with van der Waals surface area (Å²) < 4.78 is 32.6. The lowest BCUT2D eigenvalue weighted by atomic mass is 9.95. The zero-order chi connectivity index (χ0) is 22.9. The Bertz CT molecular complexity index is 1300. The molecule has 0 aliphatic heterocycles. The summed E-state index contributed by atoms with van der Waals surface area (Å²) in [6, 6.07) is 10.7. The van der Waals surface area contributed by atoms with Gasteiger partial charge in [-0.25, -0.2) is 13.8 Å². The molecule has 1 saturated carbocycles. The molecule has 1 aliphatic carbocycles. The van der Waals surface area contributed by atoms with Gasteiger partial charge in [0.2, 0.25) is 0 Å². The van der Waals surface area contributed by atoms with E-state index in [9.17, 15) is 13.6 Å². The van der Waals surface area contributed by atoms with Crippen LogP contribution in [0.1, 0.15) is 53.7 Å². The fourth-order valence-electron chi connectivity index (χ4n) is 4.67. The van der Waals surface area contributed by atoms with Gasteiger partial charge in [-0.2, -0.15) is 0 Å². The van der Waals surface area contributed by atoms with Crippen LogP contribution in [0.5, 0.6) is 0 Å². The van der Waals surface area contributed by atoms with Crippen molar-refractivity contribution >= 4 is 16.8 Å². The Labute approximate surface area is 191 Å². The summed E-state index contributed by atoms with van der Waals surface area (Å²) in [7, 11) is 0. The Balaban J connectivity index is 1.45. The molecule has 1 aliphatic rings. The Morgan fingerprint density at radius 2 is 1.82 bits per heavy atom. The van der Waals surface area contributed by atoms with Crippen molar-refractivity contribution in [3.63, 3.8) is 0 Å². The molecular formula is C26H26F2N4O. The summed E-state index contributed by atoms with van der Waals surface area (Å²) in [6.07, 6.45) is 10.5. The van der Waals surface area contributed by atoms with E-state index < -0.39 is 11.6 Å². The molecular weight excluding hydrogens is 422 g/mol. The highest BCUT2D eigenvalue weighted by atomic mass is 19.2. The Morgan fingerprint density at radius 3 is 2.52 bits per heavy atom. The zero-order valence-electron chi connectivity index (χ0n) is 18.5. The second-order valence-electron chi connectivity index (χ2n) is 8.82. The van der Waals surface area contributed by atoms with E-state index in [1.165, 1.54) is 12.5 Å². The predicted molar refractivity (Wildman–Crippen MR) is 124 cm³/mol. The van der Waals surface area contributed by atoms with E-state index in [1.54, 1.807) is 12.5 Å². The molecule has 2 aromatic carbocycles. The Hall–Kier alpha value is -3.48. The predicted octanol–water partition coefficient (Wildman–Crippen LogP) is 5.52. The molecule has 0 atom stereocenters. The number of aryl methyl sites for hydroxylation is 1. The number of fused-ring (bicyclic) bond motifs is 1. The first kappa shape index (κ1) is 21.4. The number of amides is 1. The number of hydrogen-bond acceptors (Lipinski definition) is 2. The lowest BCUT2D eigenvalue weighted by Gasteiger charge is -2.22. The first-order chi connectivity index (χ1) is 16.0. The van der Waals surface area contributed by atoms with E-state index in [1.807, 2.05) is 46.5 Å². The van der Waals surface area contributed by atoms with Crippen molar-refractivity contribution in [3.05, 3.63) is 83.6 Å². The number of aromatic nitrogens is 3. The van der Waals surface area contributed by atoms with Crippen molar-refractivity contribution in [1.82, 2.24) is 19.4 Å². The van der Waals surface area contributed by atoms with Gasteiger partial charge in [0.1, 0.15) is 0 Å². The summed E-state index contributed by atoms with van der Waals surface area (Å²) in [5.41, 5.74) is 3.58. The quantitative estimate of drug-likeness (QED) is 0.437. The molecule has 5 nitrogen and oxygen atoms in total. The number of imidazole rings is 1. The van der Waals surface area contributed by atoms with Gasteiger partial charge in [-0.15, -0.1) is 0 Å². The van der Waals surface area contributed by atoms with Crippen LogP contribution in [0.3, 0.4) is 0 Å². The number of rotatable bonds is 5. The summed E-state index contributed by atoms with van der Waals surface area (Å²) >= 11 is 0. The normalized spacial score (nSPS) is 14.6. The van der Waals surface area contributed by atoms with Crippen molar-refractivity contribution in [2.75, 3.05) is 0 Å². The molecule has 0 saturated heterocycles. The van der Waals surface area contributed by atoms with Crippen molar-refractivity contribution < 1.29 is 13.6 Å². The van der Waals surface area contributed by atoms with Crippen LogP contribution in [0, 0.1) is 18.6 Å². The van der Waals surface area contributed by atoms with Crippen molar-refractivity contribution in [2.24, 2.45) is 0 Å². The molecule has 5 rings (SSSR count). The monoisotopic (exact) mass is 448 g/mol. The summed E-state index contributed by atoms with van der Waals surface area (Å²) in [4.78, 5) is 17.3. The average molecular weight is 449 g/mol. The number of hydrogen-bond donors (Lipinski definition) is 1. The lowest BCUT2D eigenvalue weighted by Crippen LogP contribution is -2.36. The van der Waals surface area contributed by atoms with Gasteiger partial charge >= 0.3 is 0 Å². The topological polar surface area (TPSA) is 51.9 Å². The Morgan fingerprint density at radius 1 is 1.06 bits per heavy atom. The molecule has 0 bridgehead atoms. The number of benzene rings is 2. The maximum absolute atomic E-state index is 14.8. The SMILES string of the molecule is Cc1cn(-c2ccc(Cn3cc(C(=O)NC4CCCCC4)c4c(F)c(F)ccc43)cc2)cn1. The van der Waals surface area contributed by atoms with Crippen LogP contribution in [0.25, 0.3) is 16.6 Å². The molecule has 4 aromatic rings. The summed E-state index contributed by atoms with van der Waals surface area (Å²) in [5, 5.41) is 3.06. The molecule has 33 heavy (non-hydrogen) atoms. The van der Waals surface area contributed by atoms with Gasteiger partial charge in [0.05, 0.1) is 28.5 Å². The van der Waals surface area contributed by atoms with Gasteiger partial charge in [-0.05, 0) is 49.6 Å². The average Bonchev–Trinajstić information content (AvgIpc) is 3.42. The highest BCUT2D eigenvalue weighted by Crippen LogP contribution is 2.28. The largest absolute Gasteiger partial charge is 0.349 e. The van der Waals surface area contributed by atoms with E-state index in [4.69, 9.17) is 0 Å². The smallest absolute Gasteiger partial charge is 0.253 e. The standard InChI is InChI=1S/C26H26F2N4O/c1-17-13-32(16-29-17)20-9-7-18(8-10-20)14-31-15-21(24-23(31)12-11-22(27)25(24)28)26(33)30-19-5-3-2-4-6-19/h7-13,15-16,19H,2-6,14H2,1H3,(H,30,33). The Kier molecular flexibility index (Phi) is 5.70. The molecule has 0 spiro atoms. The van der Waals surface area contributed by atoms with Crippen molar-refractivity contribution in [3.8, 4) is 5.69 Å². The van der Waals surface area contributed by atoms with Crippen LogP contribution < -0.4 is 5.32 Å². The second kappa shape index (κ2) is 8.81.